The summed E-state index contributed by atoms with van der Waals surface area (Å²) in [6.07, 6.45) is 5.70. The van der Waals surface area contributed by atoms with E-state index in [1.165, 1.54) is 42.1 Å². The molecule has 1 atom stereocenters. The first-order valence-electron chi connectivity index (χ1n) is 7.72. The topological polar surface area (TPSA) is 41.1 Å². The van der Waals surface area contributed by atoms with Crippen molar-refractivity contribution in [2.75, 3.05) is 26.3 Å². The predicted octanol–water partition coefficient (Wildman–Crippen LogP) is 3.14. The molecule has 1 N–H and O–H groups in total. The molecule has 21 heavy (non-hydrogen) atoms. The molecule has 0 amide bonds. The van der Waals surface area contributed by atoms with Crippen LogP contribution in [-0.2, 0) is 11.3 Å². The Bertz CT molecular complexity index is 586. The van der Waals surface area contributed by atoms with Crippen molar-refractivity contribution >= 4 is 11.3 Å². The molecule has 2 fully saturated rings. The molecule has 2 aromatic rings. The number of nitrogens with zero attached hydrogens (tertiary/aromatic N) is 2. The van der Waals surface area contributed by atoms with E-state index in [2.05, 4.69) is 27.2 Å². The first kappa shape index (κ1) is 13.5. The van der Waals surface area contributed by atoms with E-state index in [1.807, 2.05) is 23.6 Å². The van der Waals surface area contributed by atoms with Crippen molar-refractivity contribution in [1.29, 1.82) is 0 Å². The van der Waals surface area contributed by atoms with Crippen molar-refractivity contribution in [3.63, 3.8) is 0 Å². The Morgan fingerprint density at radius 1 is 1.33 bits per heavy atom. The molecule has 4 heterocycles. The molecule has 0 radical (unpaired) electrons. The fraction of sp³-hybridized carbons (Fsp3) is 0.562. The number of aromatic nitrogens is 2. The second kappa shape index (κ2) is 5.55. The van der Waals surface area contributed by atoms with Gasteiger partial charge < -0.3 is 4.74 Å². The van der Waals surface area contributed by atoms with Crippen molar-refractivity contribution in [3.05, 3.63) is 29.3 Å². The van der Waals surface area contributed by atoms with Crippen LogP contribution in [0.3, 0.4) is 0 Å². The highest BCUT2D eigenvalue weighted by molar-refractivity contribution is 7.15. The van der Waals surface area contributed by atoms with E-state index >= 15 is 0 Å². The van der Waals surface area contributed by atoms with Crippen LogP contribution in [0.1, 0.15) is 24.1 Å². The number of ether oxygens (including phenoxy) is 1. The number of nitrogens with one attached hydrogen (secondary N) is 1. The Morgan fingerprint density at radius 3 is 3.14 bits per heavy atom. The van der Waals surface area contributed by atoms with Crippen LogP contribution in [0.25, 0.3) is 10.6 Å². The molecule has 4 rings (SSSR count). The van der Waals surface area contributed by atoms with Gasteiger partial charge in [0.05, 0.1) is 17.2 Å². The Kier molecular flexibility index (Phi) is 3.57. The minimum absolute atomic E-state index is 0.446. The lowest BCUT2D eigenvalue weighted by molar-refractivity contribution is 0.0650. The second-order valence-electron chi connectivity index (χ2n) is 6.35. The molecule has 2 aliphatic rings. The minimum atomic E-state index is 0.446. The maximum atomic E-state index is 5.65. The van der Waals surface area contributed by atoms with E-state index in [4.69, 9.17) is 4.74 Å². The molecule has 1 spiro atoms. The van der Waals surface area contributed by atoms with E-state index in [0.29, 0.717) is 5.41 Å². The van der Waals surface area contributed by atoms with Crippen LogP contribution in [0.4, 0.5) is 0 Å². The predicted molar refractivity (Wildman–Crippen MR) is 84.3 cm³/mol. The van der Waals surface area contributed by atoms with Gasteiger partial charge in [0.1, 0.15) is 0 Å². The van der Waals surface area contributed by atoms with Crippen LogP contribution in [-0.4, -0.2) is 41.4 Å². The average molecular weight is 303 g/mol. The van der Waals surface area contributed by atoms with Crippen molar-refractivity contribution < 1.29 is 4.74 Å². The summed E-state index contributed by atoms with van der Waals surface area (Å²) in [6, 6.07) is 6.49. The molecule has 5 heteroatoms. The third-order valence-corrected chi connectivity index (χ3v) is 5.84. The van der Waals surface area contributed by atoms with Gasteiger partial charge in [-0.2, -0.15) is 5.10 Å². The molecule has 0 aromatic carbocycles. The normalized spacial score (nSPS) is 26.7. The molecule has 0 saturated carbocycles. The van der Waals surface area contributed by atoms with Crippen LogP contribution in [0.2, 0.25) is 0 Å². The van der Waals surface area contributed by atoms with Crippen molar-refractivity contribution in [1.82, 2.24) is 15.1 Å². The fourth-order valence-corrected chi connectivity index (χ4v) is 4.66. The smallest absolute Gasteiger partial charge is 0.0749 e. The van der Waals surface area contributed by atoms with E-state index in [1.54, 1.807) is 0 Å². The summed E-state index contributed by atoms with van der Waals surface area (Å²) in [5.74, 6) is 0. The maximum Gasteiger partial charge on any atom is 0.0749 e. The molecule has 2 aromatic heterocycles. The summed E-state index contributed by atoms with van der Waals surface area (Å²) >= 11 is 1.87. The van der Waals surface area contributed by atoms with Gasteiger partial charge in [-0.3, -0.25) is 10.00 Å². The number of piperidine rings is 1. The quantitative estimate of drug-likeness (QED) is 0.947. The van der Waals surface area contributed by atoms with Gasteiger partial charge in [0.2, 0.25) is 0 Å². The Labute approximate surface area is 129 Å². The number of hydrogen-bond donors (Lipinski definition) is 1. The van der Waals surface area contributed by atoms with Crippen LogP contribution in [0, 0.1) is 5.41 Å². The zero-order valence-corrected chi connectivity index (χ0v) is 13.0. The Hall–Kier alpha value is -1.17. The Balaban J connectivity index is 1.44. The summed E-state index contributed by atoms with van der Waals surface area (Å²) in [4.78, 5) is 5.33. The lowest BCUT2D eigenvalue weighted by atomic mass is 9.79. The summed E-state index contributed by atoms with van der Waals surface area (Å²) in [5.41, 5.74) is 1.56. The molecule has 2 aliphatic heterocycles. The second-order valence-corrected chi connectivity index (χ2v) is 7.52. The SMILES string of the molecule is c1cc(-c2ccc(CN3CCC[C@]4(CCOC4)C3)s2)[nH]n1. The molecule has 4 nitrogen and oxygen atoms in total. The number of aromatic amines is 1. The van der Waals surface area contributed by atoms with Crippen LogP contribution in [0.5, 0.6) is 0 Å². The highest BCUT2D eigenvalue weighted by Gasteiger charge is 2.38. The van der Waals surface area contributed by atoms with Gasteiger partial charge >= 0.3 is 0 Å². The molecule has 0 unspecified atom stereocenters. The first-order chi connectivity index (χ1) is 10.3. The molecule has 112 valence electrons. The number of rotatable bonds is 3. The van der Waals surface area contributed by atoms with Gasteiger partial charge in [0.15, 0.2) is 0 Å². The lowest BCUT2D eigenvalue weighted by Gasteiger charge is -2.39. The van der Waals surface area contributed by atoms with E-state index in [-0.39, 0.29) is 0 Å². The maximum absolute atomic E-state index is 5.65. The fourth-order valence-electron chi connectivity index (χ4n) is 3.64. The molecule has 2 saturated heterocycles. The highest BCUT2D eigenvalue weighted by atomic mass is 32.1. The minimum Gasteiger partial charge on any atom is -0.381 e. The summed E-state index contributed by atoms with van der Waals surface area (Å²) in [6.45, 7) is 5.41. The lowest BCUT2D eigenvalue weighted by Crippen LogP contribution is -2.43. The van der Waals surface area contributed by atoms with Gasteiger partial charge in [-0.15, -0.1) is 11.3 Å². The van der Waals surface area contributed by atoms with Crippen molar-refractivity contribution in [2.45, 2.75) is 25.8 Å². The zero-order valence-electron chi connectivity index (χ0n) is 12.2. The van der Waals surface area contributed by atoms with E-state index in [9.17, 15) is 0 Å². The summed E-state index contributed by atoms with van der Waals surface area (Å²) in [5, 5.41) is 7.07. The molecule has 0 bridgehead atoms. The summed E-state index contributed by atoms with van der Waals surface area (Å²) in [7, 11) is 0. The van der Waals surface area contributed by atoms with Crippen LogP contribution >= 0.6 is 11.3 Å². The average Bonchev–Trinajstić information content (AvgIpc) is 3.20. The van der Waals surface area contributed by atoms with Crippen LogP contribution in [0.15, 0.2) is 24.4 Å². The van der Waals surface area contributed by atoms with Crippen molar-refractivity contribution in [3.8, 4) is 10.6 Å². The van der Waals surface area contributed by atoms with E-state index in [0.717, 1.165) is 25.5 Å². The number of thiophene rings is 1. The number of likely N-dealkylation sites (tertiary alicyclic amines) is 1. The van der Waals surface area contributed by atoms with Crippen LogP contribution < -0.4 is 0 Å². The van der Waals surface area contributed by atoms with Gasteiger partial charge in [-0.25, -0.2) is 0 Å². The molecular weight excluding hydrogens is 282 g/mol. The monoisotopic (exact) mass is 303 g/mol. The molecule has 0 aliphatic carbocycles. The van der Waals surface area contributed by atoms with E-state index < -0.39 is 0 Å². The highest BCUT2D eigenvalue weighted by Crippen LogP contribution is 2.38. The third kappa shape index (κ3) is 2.78. The number of H-pyrrole nitrogens is 1. The van der Waals surface area contributed by atoms with Gasteiger partial charge in [0, 0.05) is 36.2 Å². The van der Waals surface area contributed by atoms with Gasteiger partial charge in [-0.1, -0.05) is 0 Å². The van der Waals surface area contributed by atoms with Crippen molar-refractivity contribution in [2.24, 2.45) is 5.41 Å². The third-order valence-electron chi connectivity index (χ3n) is 4.73. The number of hydrogen-bond acceptors (Lipinski definition) is 4. The standard InChI is InChI=1S/C16H21N3OS/c1-5-16(6-9-20-12-16)11-19(8-1)10-13-2-3-15(21-13)14-4-7-17-18-14/h2-4,7H,1,5-6,8-12H2,(H,17,18)/t16-/m0/s1. The molecular formula is C16H21N3OS. The first-order valence-corrected chi connectivity index (χ1v) is 8.53. The largest absolute Gasteiger partial charge is 0.381 e. The van der Waals surface area contributed by atoms with Gasteiger partial charge in [0.25, 0.3) is 0 Å². The summed E-state index contributed by atoms with van der Waals surface area (Å²) < 4.78 is 5.65. The zero-order chi connectivity index (χ0) is 14.1. The van der Waals surface area contributed by atoms with Gasteiger partial charge in [-0.05, 0) is 44.0 Å². The Morgan fingerprint density at radius 2 is 2.33 bits per heavy atom.